The summed E-state index contributed by atoms with van der Waals surface area (Å²) in [5.74, 6) is 2.31. The highest BCUT2D eigenvalue weighted by Gasteiger charge is 2.48. The maximum absolute atomic E-state index is 13.5. The SMILES string of the molecule is Fc1ccc(NCCOC2C3CC4CC(C3)CC2C4)c(F)c1. The van der Waals surface area contributed by atoms with Gasteiger partial charge in [0.1, 0.15) is 11.6 Å². The van der Waals surface area contributed by atoms with Gasteiger partial charge in [-0.3, -0.25) is 0 Å². The van der Waals surface area contributed by atoms with Crippen molar-refractivity contribution in [2.75, 3.05) is 18.5 Å². The van der Waals surface area contributed by atoms with Crippen LogP contribution in [0.4, 0.5) is 14.5 Å². The van der Waals surface area contributed by atoms with Gasteiger partial charge in [0.05, 0.1) is 18.4 Å². The average molecular weight is 307 g/mol. The normalized spacial score (nSPS) is 35.8. The molecule has 0 amide bonds. The van der Waals surface area contributed by atoms with Gasteiger partial charge in [-0.15, -0.1) is 0 Å². The monoisotopic (exact) mass is 307 g/mol. The number of hydrogen-bond acceptors (Lipinski definition) is 2. The molecule has 4 aliphatic carbocycles. The van der Waals surface area contributed by atoms with Crippen LogP contribution >= 0.6 is 0 Å². The van der Waals surface area contributed by atoms with E-state index < -0.39 is 11.6 Å². The van der Waals surface area contributed by atoms with Crippen molar-refractivity contribution >= 4 is 5.69 Å². The van der Waals surface area contributed by atoms with Crippen molar-refractivity contribution in [2.45, 2.75) is 38.2 Å². The fourth-order valence-corrected chi connectivity index (χ4v) is 5.16. The van der Waals surface area contributed by atoms with Crippen molar-refractivity contribution in [1.29, 1.82) is 0 Å². The average Bonchev–Trinajstić information content (AvgIpc) is 2.47. The molecule has 22 heavy (non-hydrogen) atoms. The third-order valence-electron chi connectivity index (χ3n) is 5.80. The summed E-state index contributed by atoms with van der Waals surface area (Å²) in [6.07, 6.45) is 7.24. The molecule has 0 saturated heterocycles. The molecular weight excluding hydrogens is 284 g/mol. The third kappa shape index (κ3) is 2.73. The summed E-state index contributed by atoms with van der Waals surface area (Å²) in [6, 6.07) is 3.61. The molecular formula is C18H23F2NO. The predicted molar refractivity (Wildman–Crippen MR) is 81.6 cm³/mol. The minimum Gasteiger partial charge on any atom is -0.380 e. The van der Waals surface area contributed by atoms with Crippen LogP contribution in [0.25, 0.3) is 0 Å². The summed E-state index contributed by atoms with van der Waals surface area (Å²) in [6.45, 7) is 1.15. The Morgan fingerprint density at radius 2 is 1.68 bits per heavy atom. The summed E-state index contributed by atoms with van der Waals surface area (Å²) in [5, 5.41) is 3.00. The van der Waals surface area contributed by atoms with Gasteiger partial charge in [-0.25, -0.2) is 8.78 Å². The smallest absolute Gasteiger partial charge is 0.149 e. The Morgan fingerprint density at radius 3 is 2.32 bits per heavy atom. The van der Waals surface area contributed by atoms with E-state index in [-0.39, 0.29) is 0 Å². The molecule has 0 heterocycles. The first kappa shape index (κ1) is 14.4. The minimum atomic E-state index is -0.548. The molecule has 4 heteroatoms. The maximum Gasteiger partial charge on any atom is 0.149 e. The minimum absolute atomic E-state index is 0.343. The number of anilines is 1. The highest BCUT2D eigenvalue weighted by molar-refractivity contribution is 5.44. The molecule has 4 saturated carbocycles. The van der Waals surface area contributed by atoms with E-state index in [9.17, 15) is 8.78 Å². The largest absolute Gasteiger partial charge is 0.380 e. The molecule has 5 rings (SSSR count). The molecule has 0 atom stereocenters. The van der Waals surface area contributed by atoms with Crippen LogP contribution in [0.3, 0.4) is 0 Å². The lowest BCUT2D eigenvalue weighted by Gasteiger charge is -2.54. The van der Waals surface area contributed by atoms with Crippen LogP contribution in [0.2, 0.25) is 0 Å². The van der Waals surface area contributed by atoms with E-state index in [4.69, 9.17) is 4.74 Å². The van der Waals surface area contributed by atoms with Crippen LogP contribution in [0.15, 0.2) is 18.2 Å². The van der Waals surface area contributed by atoms with E-state index in [1.807, 2.05) is 0 Å². The number of benzene rings is 1. The molecule has 1 aromatic carbocycles. The van der Waals surface area contributed by atoms with Crippen molar-refractivity contribution in [2.24, 2.45) is 23.7 Å². The molecule has 0 aromatic heterocycles. The Morgan fingerprint density at radius 1 is 1.00 bits per heavy atom. The number of hydrogen-bond donors (Lipinski definition) is 1. The van der Waals surface area contributed by atoms with Gasteiger partial charge in [-0.2, -0.15) is 0 Å². The molecule has 0 radical (unpaired) electrons. The highest BCUT2D eigenvalue weighted by Crippen LogP contribution is 2.54. The van der Waals surface area contributed by atoms with Crippen molar-refractivity contribution in [3.63, 3.8) is 0 Å². The molecule has 0 spiro atoms. The number of ether oxygens (including phenoxy) is 1. The number of halogens is 2. The van der Waals surface area contributed by atoms with Gasteiger partial charge in [0, 0.05) is 12.6 Å². The summed E-state index contributed by atoms with van der Waals surface area (Å²) < 4.78 is 32.5. The van der Waals surface area contributed by atoms with Crippen LogP contribution < -0.4 is 5.32 Å². The van der Waals surface area contributed by atoms with Crippen LogP contribution in [0.1, 0.15) is 32.1 Å². The highest BCUT2D eigenvalue weighted by atomic mass is 19.1. The fraction of sp³-hybridized carbons (Fsp3) is 0.667. The fourth-order valence-electron chi connectivity index (χ4n) is 5.16. The Balaban J connectivity index is 1.27. The zero-order valence-corrected chi connectivity index (χ0v) is 12.7. The van der Waals surface area contributed by atoms with Gasteiger partial charge in [-0.05, 0) is 67.9 Å². The van der Waals surface area contributed by atoms with E-state index >= 15 is 0 Å². The number of nitrogens with one attached hydrogen (secondary N) is 1. The standard InChI is InChI=1S/C18H23F2NO/c19-15-1-2-17(16(20)10-15)21-3-4-22-18-13-6-11-5-12(8-13)9-14(18)7-11/h1-2,10-14,18,21H,3-9H2. The first-order valence-corrected chi connectivity index (χ1v) is 8.49. The third-order valence-corrected chi connectivity index (χ3v) is 5.80. The van der Waals surface area contributed by atoms with E-state index in [1.54, 1.807) is 0 Å². The van der Waals surface area contributed by atoms with Gasteiger partial charge in [-0.1, -0.05) is 0 Å². The Kier molecular flexibility index (Phi) is 3.81. The first-order chi connectivity index (χ1) is 10.7. The summed E-state index contributed by atoms with van der Waals surface area (Å²) in [4.78, 5) is 0. The lowest BCUT2D eigenvalue weighted by molar-refractivity contribution is -0.123. The maximum atomic E-state index is 13.5. The molecule has 0 unspecified atom stereocenters. The zero-order valence-electron chi connectivity index (χ0n) is 12.7. The van der Waals surface area contributed by atoms with Crippen LogP contribution in [-0.2, 0) is 4.74 Å². The molecule has 0 aliphatic heterocycles. The summed E-state index contributed by atoms with van der Waals surface area (Å²) >= 11 is 0. The van der Waals surface area contributed by atoms with Crippen LogP contribution in [0.5, 0.6) is 0 Å². The second-order valence-corrected chi connectivity index (χ2v) is 7.32. The Bertz CT molecular complexity index is 520. The van der Waals surface area contributed by atoms with Gasteiger partial charge in [0.2, 0.25) is 0 Å². The van der Waals surface area contributed by atoms with Crippen LogP contribution in [0, 0.1) is 35.3 Å². The van der Waals surface area contributed by atoms with Crippen molar-refractivity contribution in [1.82, 2.24) is 0 Å². The van der Waals surface area contributed by atoms with Crippen LogP contribution in [-0.4, -0.2) is 19.3 Å². The quantitative estimate of drug-likeness (QED) is 0.823. The Hall–Kier alpha value is -1.16. The van der Waals surface area contributed by atoms with E-state index in [0.29, 0.717) is 24.9 Å². The van der Waals surface area contributed by atoms with Gasteiger partial charge < -0.3 is 10.1 Å². The summed E-state index contributed by atoms with van der Waals surface area (Å²) in [7, 11) is 0. The predicted octanol–water partition coefficient (Wildman–Crippen LogP) is 4.22. The second kappa shape index (κ2) is 5.80. The number of rotatable bonds is 5. The van der Waals surface area contributed by atoms with Crippen molar-refractivity contribution < 1.29 is 13.5 Å². The second-order valence-electron chi connectivity index (χ2n) is 7.32. The van der Waals surface area contributed by atoms with Gasteiger partial charge in [0.15, 0.2) is 0 Å². The lowest BCUT2D eigenvalue weighted by atomic mass is 9.55. The molecule has 4 aliphatic rings. The molecule has 4 fully saturated rings. The van der Waals surface area contributed by atoms with Gasteiger partial charge >= 0.3 is 0 Å². The molecule has 1 N–H and O–H groups in total. The molecule has 1 aromatic rings. The Labute approximate surface area is 130 Å². The molecule has 120 valence electrons. The van der Waals surface area contributed by atoms with Crippen molar-refractivity contribution in [3.8, 4) is 0 Å². The first-order valence-electron chi connectivity index (χ1n) is 8.49. The van der Waals surface area contributed by atoms with E-state index in [2.05, 4.69) is 5.32 Å². The summed E-state index contributed by atoms with van der Waals surface area (Å²) in [5.41, 5.74) is 0.343. The molecule has 2 nitrogen and oxygen atoms in total. The lowest BCUT2D eigenvalue weighted by Crippen LogP contribution is -2.49. The van der Waals surface area contributed by atoms with Crippen molar-refractivity contribution in [3.05, 3.63) is 29.8 Å². The van der Waals surface area contributed by atoms with E-state index in [0.717, 1.165) is 29.7 Å². The van der Waals surface area contributed by atoms with Gasteiger partial charge in [0.25, 0.3) is 0 Å². The molecule has 4 bridgehead atoms. The zero-order chi connectivity index (χ0) is 15.1. The topological polar surface area (TPSA) is 21.3 Å². The van der Waals surface area contributed by atoms with E-state index in [1.165, 1.54) is 44.2 Å².